The maximum absolute atomic E-state index is 11.7. The molecule has 5 heteroatoms. The van der Waals surface area contributed by atoms with Gasteiger partial charge in [-0.05, 0) is 18.6 Å². The molecule has 1 aromatic carbocycles. The maximum atomic E-state index is 11.7. The third kappa shape index (κ3) is 3.07. The largest absolute Gasteiger partial charge is 0.376 e. The number of hydrazine groups is 1. The predicted octanol–water partition coefficient (Wildman–Crippen LogP) is 0.511. The Morgan fingerprint density at radius 2 is 2.33 bits per heavy atom. The Balaban J connectivity index is 2.10. The maximum Gasteiger partial charge on any atom is 0.265 e. The molecule has 0 saturated carbocycles. The minimum absolute atomic E-state index is 0.244. The number of nitrogens with two attached hydrogens (primary N) is 1. The van der Waals surface area contributed by atoms with E-state index in [-0.39, 0.29) is 12.0 Å². The lowest BCUT2D eigenvalue weighted by molar-refractivity contribution is -0.0212. The number of hydrogen-bond acceptors (Lipinski definition) is 4. The van der Waals surface area contributed by atoms with Gasteiger partial charge in [0.1, 0.15) is 0 Å². The fraction of sp³-hybridized carbons (Fsp3) is 0.462. The Morgan fingerprint density at radius 3 is 3.06 bits per heavy atom. The minimum Gasteiger partial charge on any atom is -0.376 e. The molecule has 0 aliphatic carbocycles. The summed E-state index contributed by atoms with van der Waals surface area (Å²) in [5, 5.41) is 0. The van der Waals surface area contributed by atoms with Crippen molar-refractivity contribution in [2.24, 2.45) is 5.84 Å². The van der Waals surface area contributed by atoms with Crippen molar-refractivity contribution in [3.05, 3.63) is 35.4 Å². The standard InChI is InChI=1S/C13H19N3O2/c1-10-8-16(6-7-18-10)9-11-4-2-3-5-12(11)13(17)15-14/h2-5,10H,6-9,14H2,1H3,(H,15,17). The molecule has 1 aromatic rings. The summed E-state index contributed by atoms with van der Waals surface area (Å²) in [6.45, 7) is 5.33. The molecule has 1 aliphatic rings. The number of hydrogen-bond donors (Lipinski definition) is 2. The van der Waals surface area contributed by atoms with Crippen LogP contribution in [0, 0.1) is 0 Å². The van der Waals surface area contributed by atoms with E-state index < -0.39 is 0 Å². The van der Waals surface area contributed by atoms with Crippen molar-refractivity contribution < 1.29 is 9.53 Å². The van der Waals surface area contributed by atoms with Gasteiger partial charge in [-0.15, -0.1) is 0 Å². The fourth-order valence-corrected chi connectivity index (χ4v) is 2.23. The number of carbonyl (C=O) groups excluding carboxylic acids is 1. The van der Waals surface area contributed by atoms with Crippen LogP contribution in [0.4, 0.5) is 0 Å². The lowest BCUT2D eigenvalue weighted by Gasteiger charge is -2.31. The molecule has 98 valence electrons. The van der Waals surface area contributed by atoms with Crippen molar-refractivity contribution in [1.29, 1.82) is 0 Å². The van der Waals surface area contributed by atoms with Crippen LogP contribution in [0.2, 0.25) is 0 Å². The van der Waals surface area contributed by atoms with E-state index in [1.54, 1.807) is 6.07 Å². The second-order valence-electron chi connectivity index (χ2n) is 4.55. The first-order chi connectivity index (χ1) is 8.70. The molecule has 1 fully saturated rings. The Kier molecular flexibility index (Phi) is 4.30. The molecule has 1 saturated heterocycles. The van der Waals surface area contributed by atoms with E-state index in [1.807, 2.05) is 18.2 Å². The van der Waals surface area contributed by atoms with Gasteiger partial charge in [-0.2, -0.15) is 0 Å². The van der Waals surface area contributed by atoms with Crippen molar-refractivity contribution in [1.82, 2.24) is 10.3 Å². The zero-order valence-corrected chi connectivity index (χ0v) is 10.6. The van der Waals surface area contributed by atoms with Gasteiger partial charge in [0.25, 0.3) is 5.91 Å². The highest BCUT2D eigenvalue weighted by Gasteiger charge is 2.18. The van der Waals surface area contributed by atoms with E-state index in [0.717, 1.165) is 31.8 Å². The highest BCUT2D eigenvalue weighted by atomic mass is 16.5. The SMILES string of the molecule is CC1CN(Cc2ccccc2C(=O)NN)CCO1. The molecule has 1 amide bonds. The van der Waals surface area contributed by atoms with Gasteiger partial charge in [-0.25, -0.2) is 5.84 Å². The molecule has 5 nitrogen and oxygen atoms in total. The Labute approximate surface area is 107 Å². The van der Waals surface area contributed by atoms with Crippen LogP contribution in [0.25, 0.3) is 0 Å². The molecule has 0 radical (unpaired) electrons. The minimum atomic E-state index is -0.244. The average Bonchev–Trinajstić information content (AvgIpc) is 2.38. The van der Waals surface area contributed by atoms with E-state index in [4.69, 9.17) is 10.6 Å². The van der Waals surface area contributed by atoms with Crippen LogP contribution in [-0.2, 0) is 11.3 Å². The monoisotopic (exact) mass is 249 g/mol. The smallest absolute Gasteiger partial charge is 0.265 e. The molecular formula is C13H19N3O2. The Bertz CT molecular complexity index is 422. The third-order valence-corrected chi connectivity index (χ3v) is 3.11. The molecule has 0 spiro atoms. The summed E-state index contributed by atoms with van der Waals surface area (Å²) in [5.41, 5.74) is 3.82. The molecule has 1 heterocycles. The normalized spacial score (nSPS) is 20.7. The van der Waals surface area contributed by atoms with E-state index in [9.17, 15) is 4.79 Å². The summed E-state index contributed by atoms with van der Waals surface area (Å²) in [5.74, 6) is 4.95. The quantitative estimate of drug-likeness (QED) is 0.465. The highest BCUT2D eigenvalue weighted by molar-refractivity contribution is 5.95. The topological polar surface area (TPSA) is 67.6 Å². The van der Waals surface area contributed by atoms with Crippen molar-refractivity contribution in [3.8, 4) is 0 Å². The first-order valence-electron chi connectivity index (χ1n) is 6.13. The first kappa shape index (κ1) is 13.0. The number of benzene rings is 1. The lowest BCUT2D eigenvalue weighted by Crippen LogP contribution is -2.41. The number of nitrogens with zero attached hydrogens (tertiary/aromatic N) is 1. The highest BCUT2D eigenvalue weighted by Crippen LogP contribution is 2.14. The van der Waals surface area contributed by atoms with Crippen LogP contribution in [-0.4, -0.2) is 36.6 Å². The van der Waals surface area contributed by atoms with E-state index in [0.29, 0.717) is 5.56 Å². The van der Waals surface area contributed by atoms with Gasteiger partial charge in [0.2, 0.25) is 0 Å². The van der Waals surface area contributed by atoms with E-state index in [2.05, 4.69) is 17.2 Å². The van der Waals surface area contributed by atoms with Crippen LogP contribution < -0.4 is 11.3 Å². The van der Waals surface area contributed by atoms with Crippen LogP contribution in [0.15, 0.2) is 24.3 Å². The molecule has 1 atom stereocenters. The van der Waals surface area contributed by atoms with Gasteiger partial charge < -0.3 is 4.74 Å². The third-order valence-electron chi connectivity index (χ3n) is 3.11. The molecule has 0 aromatic heterocycles. The van der Waals surface area contributed by atoms with Gasteiger partial charge in [0, 0.05) is 25.2 Å². The number of ether oxygens (including phenoxy) is 1. The zero-order chi connectivity index (χ0) is 13.0. The van der Waals surface area contributed by atoms with Crippen molar-refractivity contribution in [2.75, 3.05) is 19.7 Å². The number of amides is 1. The van der Waals surface area contributed by atoms with Crippen molar-refractivity contribution >= 4 is 5.91 Å². The summed E-state index contributed by atoms with van der Waals surface area (Å²) in [4.78, 5) is 13.9. The van der Waals surface area contributed by atoms with Gasteiger partial charge in [0.15, 0.2) is 0 Å². The number of rotatable bonds is 3. The van der Waals surface area contributed by atoms with E-state index in [1.165, 1.54) is 0 Å². The van der Waals surface area contributed by atoms with E-state index >= 15 is 0 Å². The number of morpholine rings is 1. The van der Waals surface area contributed by atoms with Crippen LogP contribution >= 0.6 is 0 Å². The summed E-state index contributed by atoms with van der Waals surface area (Å²) in [6.07, 6.45) is 0.245. The van der Waals surface area contributed by atoms with Gasteiger partial charge in [-0.3, -0.25) is 15.1 Å². The lowest BCUT2D eigenvalue weighted by atomic mass is 10.1. The molecule has 2 rings (SSSR count). The fourth-order valence-electron chi connectivity index (χ4n) is 2.23. The van der Waals surface area contributed by atoms with Crippen LogP contribution in [0.1, 0.15) is 22.8 Å². The summed E-state index contributed by atoms with van der Waals surface area (Å²) < 4.78 is 5.50. The molecule has 0 bridgehead atoms. The molecular weight excluding hydrogens is 230 g/mol. The Morgan fingerprint density at radius 1 is 1.56 bits per heavy atom. The summed E-state index contributed by atoms with van der Waals surface area (Å²) in [7, 11) is 0. The average molecular weight is 249 g/mol. The Hall–Kier alpha value is -1.43. The second kappa shape index (κ2) is 5.95. The molecule has 1 aliphatic heterocycles. The summed E-state index contributed by atoms with van der Waals surface area (Å²) in [6, 6.07) is 7.54. The summed E-state index contributed by atoms with van der Waals surface area (Å²) >= 11 is 0. The first-order valence-corrected chi connectivity index (χ1v) is 6.13. The molecule has 1 unspecified atom stereocenters. The second-order valence-corrected chi connectivity index (χ2v) is 4.55. The van der Waals surface area contributed by atoms with Crippen molar-refractivity contribution in [3.63, 3.8) is 0 Å². The van der Waals surface area contributed by atoms with Gasteiger partial charge >= 0.3 is 0 Å². The van der Waals surface area contributed by atoms with Crippen LogP contribution in [0.3, 0.4) is 0 Å². The van der Waals surface area contributed by atoms with Gasteiger partial charge in [-0.1, -0.05) is 18.2 Å². The van der Waals surface area contributed by atoms with Crippen LogP contribution in [0.5, 0.6) is 0 Å². The molecule has 18 heavy (non-hydrogen) atoms. The predicted molar refractivity (Wildman–Crippen MR) is 68.8 cm³/mol. The van der Waals surface area contributed by atoms with Gasteiger partial charge in [0.05, 0.1) is 12.7 Å². The van der Waals surface area contributed by atoms with Crippen molar-refractivity contribution in [2.45, 2.75) is 19.6 Å². The number of carbonyl (C=O) groups is 1. The zero-order valence-electron chi connectivity index (χ0n) is 10.6. The molecule has 3 N–H and O–H groups in total. The number of nitrogens with one attached hydrogen (secondary N) is 1. The number of nitrogen functional groups attached to an aromatic ring is 1.